The van der Waals surface area contributed by atoms with Crippen LogP contribution in [-0.4, -0.2) is 44.7 Å². The van der Waals surface area contributed by atoms with E-state index in [1.807, 2.05) is 31.2 Å². The highest BCUT2D eigenvalue weighted by Crippen LogP contribution is 2.72. The van der Waals surface area contributed by atoms with Gasteiger partial charge < -0.3 is 25.4 Å². The van der Waals surface area contributed by atoms with Gasteiger partial charge in [0.05, 0.1) is 11.7 Å². The number of carboxylic acids is 1. The molecule has 4 aromatic rings. The number of carbonyl (C=O) groups is 3. The molecule has 2 saturated carbocycles. The monoisotopic (exact) mass is 617 g/mol. The van der Waals surface area contributed by atoms with E-state index in [9.17, 15) is 29.7 Å². The lowest BCUT2D eigenvalue weighted by Gasteiger charge is -2.56. The molecule has 46 heavy (non-hydrogen) atoms. The van der Waals surface area contributed by atoms with Gasteiger partial charge in [-0.05, 0) is 89.2 Å². The zero-order chi connectivity index (χ0) is 32.2. The fourth-order valence-corrected chi connectivity index (χ4v) is 9.74. The maximum atomic E-state index is 15.0. The molecule has 3 aliphatic carbocycles. The lowest BCUT2D eigenvalue weighted by atomic mass is 9.49. The number of Topliss-reactive ketones (excluding diaryl/α,β-unsaturated/α-hetero) is 1. The fraction of sp³-hybridized carbons (Fsp3) is 0.342. The fourth-order valence-electron chi connectivity index (χ4n) is 9.74. The Labute approximate surface area is 265 Å². The second kappa shape index (κ2) is 9.66. The van der Waals surface area contributed by atoms with E-state index in [4.69, 9.17) is 4.74 Å². The maximum absolute atomic E-state index is 15.0. The van der Waals surface area contributed by atoms with Gasteiger partial charge in [-0.15, -0.1) is 0 Å². The third kappa shape index (κ3) is 3.92. The van der Waals surface area contributed by atoms with Gasteiger partial charge in [-0.1, -0.05) is 61.5 Å². The summed E-state index contributed by atoms with van der Waals surface area (Å²) in [6.07, 6.45) is 4.94. The summed E-state index contributed by atoms with van der Waals surface area (Å²) >= 11 is 0. The molecule has 6 atom stereocenters. The summed E-state index contributed by atoms with van der Waals surface area (Å²) in [7, 11) is 0. The normalized spacial score (nSPS) is 30.9. The molecule has 1 amide bonds. The molecule has 0 aromatic heterocycles. The smallest absolute Gasteiger partial charge is 0.339 e. The molecule has 4 fully saturated rings. The van der Waals surface area contributed by atoms with Crippen LogP contribution in [0.15, 0.2) is 72.8 Å². The molecule has 234 valence electrons. The number of aromatic carboxylic acids is 1. The van der Waals surface area contributed by atoms with Crippen molar-refractivity contribution < 1.29 is 34.4 Å². The van der Waals surface area contributed by atoms with E-state index in [2.05, 4.69) is 48.6 Å². The number of benzene rings is 4. The van der Waals surface area contributed by atoms with Crippen LogP contribution in [0.25, 0.3) is 27.1 Å². The van der Waals surface area contributed by atoms with Crippen LogP contribution < -0.4 is 5.32 Å². The molecular weight excluding hydrogens is 582 g/mol. The van der Waals surface area contributed by atoms with Gasteiger partial charge in [0.15, 0.2) is 11.5 Å². The molecular formula is C38H35NO7. The van der Waals surface area contributed by atoms with Crippen LogP contribution in [0.1, 0.15) is 61.9 Å². The average molecular weight is 618 g/mol. The summed E-state index contributed by atoms with van der Waals surface area (Å²) in [6.45, 7) is 4.18. The molecule has 2 heterocycles. The molecule has 8 heteroatoms. The van der Waals surface area contributed by atoms with Crippen LogP contribution >= 0.6 is 0 Å². The van der Waals surface area contributed by atoms with Crippen molar-refractivity contribution in [3.05, 3.63) is 83.9 Å². The summed E-state index contributed by atoms with van der Waals surface area (Å²) in [5, 5.41) is 37.0. The first kappa shape index (κ1) is 28.8. The number of ether oxygens (including phenoxy) is 1. The van der Waals surface area contributed by atoms with Gasteiger partial charge in [0.2, 0.25) is 5.91 Å². The van der Waals surface area contributed by atoms with Crippen molar-refractivity contribution >= 4 is 50.5 Å². The van der Waals surface area contributed by atoms with Crippen LogP contribution in [0.4, 0.5) is 5.69 Å². The number of rotatable bonds is 6. The van der Waals surface area contributed by atoms with Crippen LogP contribution in [0.3, 0.4) is 0 Å². The van der Waals surface area contributed by atoms with Crippen molar-refractivity contribution in [2.75, 3.05) is 5.32 Å². The number of phenols is 2. The second-order valence-electron chi connectivity index (χ2n) is 14.2. The van der Waals surface area contributed by atoms with Gasteiger partial charge in [-0.25, -0.2) is 4.79 Å². The molecule has 5 aliphatic rings. The number of anilines is 1. The highest BCUT2D eigenvalue weighted by atomic mass is 16.5. The number of fused-ring (bicyclic) bond motifs is 3. The van der Waals surface area contributed by atoms with E-state index < -0.39 is 34.4 Å². The minimum atomic E-state index is -1.39. The molecule has 1 spiro atoms. The zero-order valence-electron chi connectivity index (χ0n) is 25.7. The number of aromatic hydroxyl groups is 2. The number of hydrogen-bond donors (Lipinski definition) is 4. The van der Waals surface area contributed by atoms with Gasteiger partial charge in [-0.2, -0.15) is 0 Å². The van der Waals surface area contributed by atoms with E-state index in [0.29, 0.717) is 11.5 Å². The maximum Gasteiger partial charge on any atom is 0.339 e. The van der Waals surface area contributed by atoms with E-state index >= 15 is 0 Å². The number of ketones is 1. The first-order valence-corrected chi connectivity index (χ1v) is 15.9. The molecule has 4 bridgehead atoms. The van der Waals surface area contributed by atoms with Gasteiger partial charge >= 0.3 is 5.97 Å². The third-order valence-electron chi connectivity index (χ3n) is 11.6. The predicted molar refractivity (Wildman–Crippen MR) is 174 cm³/mol. The average Bonchev–Trinajstić information content (AvgIpc) is 3.40. The minimum Gasteiger partial charge on any atom is -0.506 e. The molecule has 2 aliphatic heterocycles. The summed E-state index contributed by atoms with van der Waals surface area (Å²) in [4.78, 5) is 39.9. The molecule has 0 unspecified atom stereocenters. The van der Waals surface area contributed by atoms with Crippen LogP contribution in [-0.2, 0) is 14.3 Å². The molecule has 9 rings (SSSR count). The molecule has 8 nitrogen and oxygen atoms in total. The van der Waals surface area contributed by atoms with Crippen molar-refractivity contribution in [3.8, 4) is 11.5 Å². The summed E-state index contributed by atoms with van der Waals surface area (Å²) in [5.74, 6) is -2.82. The largest absolute Gasteiger partial charge is 0.506 e. The Morgan fingerprint density at radius 3 is 2.43 bits per heavy atom. The number of nitrogens with one attached hydrogen (secondary N) is 1. The summed E-state index contributed by atoms with van der Waals surface area (Å²) in [5.41, 5.74) is -0.648. The first-order chi connectivity index (χ1) is 21.9. The highest BCUT2D eigenvalue weighted by molar-refractivity contribution is 6.29. The van der Waals surface area contributed by atoms with Crippen LogP contribution in [0.2, 0.25) is 0 Å². The standard InChI is InChI=1S/C38H35NO7/c1-36(14-13-30(41)39-31-28(40)12-11-25(32(31)42)35(44)45)33-29-16-21-17-38(33,19-37(21,2)46-29)18-27(34(36)43)26-15-20-7-3-4-8-22(20)23-9-5-6-10-24(23)26/h3-12,15,18,21,29,33,40,42H,13-14,16-17,19H2,1-2H3,(H,39,41)(H,44,45)/t21-,29-,33-,36-,37-,38+/m0/s1. The van der Waals surface area contributed by atoms with Gasteiger partial charge in [-0.3, -0.25) is 9.59 Å². The summed E-state index contributed by atoms with van der Waals surface area (Å²) < 4.78 is 6.68. The Balaban J connectivity index is 1.21. The van der Waals surface area contributed by atoms with E-state index in [-0.39, 0.29) is 47.4 Å². The van der Waals surface area contributed by atoms with Crippen molar-refractivity contribution in [2.24, 2.45) is 22.7 Å². The highest BCUT2D eigenvalue weighted by Gasteiger charge is 2.72. The number of allylic oxidation sites excluding steroid dienone is 2. The first-order valence-electron chi connectivity index (χ1n) is 15.9. The van der Waals surface area contributed by atoms with Crippen molar-refractivity contribution in [3.63, 3.8) is 0 Å². The number of carbonyl (C=O) groups excluding carboxylic acids is 2. The van der Waals surface area contributed by atoms with Gasteiger partial charge in [0.1, 0.15) is 17.0 Å². The summed E-state index contributed by atoms with van der Waals surface area (Å²) in [6, 6.07) is 20.7. The SMILES string of the molecule is C[C@]12C[C@@]34C=C(c5cc6ccccc6c6ccccc56)C(=O)[C@@](C)(CCC(=O)Nc5c(O)ccc(C(=O)O)c5O)[C@@H]3[C@H](C[C@H]1C4)O2. The van der Waals surface area contributed by atoms with E-state index in [0.717, 1.165) is 58.5 Å². The van der Waals surface area contributed by atoms with Crippen molar-refractivity contribution in [2.45, 2.75) is 57.7 Å². The minimum absolute atomic E-state index is 0.0162. The van der Waals surface area contributed by atoms with Crippen LogP contribution in [0.5, 0.6) is 11.5 Å². The quantitative estimate of drug-likeness (QED) is 0.134. The Kier molecular flexibility index (Phi) is 6.04. The molecule has 4 aromatic carbocycles. The van der Waals surface area contributed by atoms with Crippen LogP contribution in [0, 0.1) is 22.7 Å². The Morgan fingerprint density at radius 2 is 1.70 bits per heavy atom. The molecule has 4 N–H and O–H groups in total. The predicted octanol–water partition coefficient (Wildman–Crippen LogP) is 7.07. The molecule has 0 radical (unpaired) electrons. The molecule has 2 saturated heterocycles. The van der Waals surface area contributed by atoms with E-state index in [1.165, 1.54) is 0 Å². The lowest BCUT2D eigenvalue weighted by Crippen LogP contribution is -2.57. The number of phenolic OH excluding ortho intramolecular Hbond substituents is 1. The Hall–Kier alpha value is -4.69. The Morgan fingerprint density at radius 1 is 0.978 bits per heavy atom. The number of amides is 1. The van der Waals surface area contributed by atoms with E-state index in [1.54, 1.807) is 0 Å². The Bertz CT molecular complexity index is 2050. The topological polar surface area (TPSA) is 133 Å². The van der Waals surface area contributed by atoms with Gasteiger partial charge in [0.25, 0.3) is 0 Å². The third-order valence-corrected chi connectivity index (χ3v) is 11.6. The lowest BCUT2D eigenvalue weighted by molar-refractivity contribution is -0.168. The van der Waals surface area contributed by atoms with Crippen molar-refractivity contribution in [1.29, 1.82) is 0 Å². The number of hydrogen-bond acceptors (Lipinski definition) is 6. The number of carboxylic acid groups (broad SMARTS) is 1. The zero-order valence-corrected chi connectivity index (χ0v) is 25.7. The second-order valence-corrected chi connectivity index (χ2v) is 14.2. The van der Waals surface area contributed by atoms with Gasteiger partial charge in [0, 0.05) is 23.3 Å². The van der Waals surface area contributed by atoms with Crippen molar-refractivity contribution in [1.82, 2.24) is 0 Å².